The zero-order chi connectivity index (χ0) is 16.2. The van der Waals surface area contributed by atoms with E-state index in [9.17, 15) is 0 Å². The standard InChI is InChI=1S/C17H22N6O/c1-2-4-14(5-3-1)15-20-16(19-12-13-10-18-11-13)22-17(21-15)23-6-8-24-9-7-23/h1-5,13,18H,6-12H2,(H,19,20,21,22). The summed E-state index contributed by atoms with van der Waals surface area (Å²) in [6.45, 7) is 6.04. The molecule has 2 aromatic rings. The molecule has 2 aliphatic heterocycles. The van der Waals surface area contributed by atoms with Crippen molar-refractivity contribution in [3.63, 3.8) is 0 Å². The fourth-order valence-electron chi connectivity index (χ4n) is 2.79. The lowest BCUT2D eigenvalue weighted by molar-refractivity contribution is 0.122. The number of hydrogen-bond donors (Lipinski definition) is 2. The van der Waals surface area contributed by atoms with Crippen LogP contribution in [0.5, 0.6) is 0 Å². The lowest BCUT2D eigenvalue weighted by Gasteiger charge is -2.28. The molecule has 0 aliphatic carbocycles. The monoisotopic (exact) mass is 326 g/mol. The van der Waals surface area contributed by atoms with Crippen molar-refractivity contribution in [2.24, 2.45) is 5.92 Å². The van der Waals surface area contributed by atoms with Crippen molar-refractivity contribution in [3.8, 4) is 11.4 Å². The smallest absolute Gasteiger partial charge is 0.230 e. The Morgan fingerprint density at radius 1 is 1.08 bits per heavy atom. The van der Waals surface area contributed by atoms with Gasteiger partial charge in [0.1, 0.15) is 0 Å². The predicted molar refractivity (Wildman–Crippen MR) is 93.1 cm³/mol. The third kappa shape index (κ3) is 3.47. The van der Waals surface area contributed by atoms with Gasteiger partial charge in [-0.3, -0.25) is 0 Å². The average Bonchev–Trinajstić information content (AvgIpc) is 2.62. The highest BCUT2D eigenvalue weighted by Crippen LogP contribution is 2.20. The van der Waals surface area contributed by atoms with Gasteiger partial charge < -0.3 is 20.3 Å². The number of morpholine rings is 1. The fraction of sp³-hybridized carbons (Fsp3) is 0.471. The van der Waals surface area contributed by atoms with E-state index < -0.39 is 0 Å². The van der Waals surface area contributed by atoms with Crippen LogP contribution in [-0.4, -0.2) is 60.9 Å². The van der Waals surface area contributed by atoms with E-state index in [-0.39, 0.29) is 0 Å². The minimum absolute atomic E-state index is 0.647. The molecule has 0 atom stereocenters. The molecule has 7 heteroatoms. The maximum absolute atomic E-state index is 5.43. The van der Waals surface area contributed by atoms with Crippen molar-refractivity contribution in [2.75, 3.05) is 56.2 Å². The molecular formula is C17H22N6O. The van der Waals surface area contributed by atoms with Crippen molar-refractivity contribution in [2.45, 2.75) is 0 Å². The van der Waals surface area contributed by atoms with Crippen LogP contribution in [-0.2, 0) is 4.74 Å². The van der Waals surface area contributed by atoms with Crippen LogP contribution in [0.25, 0.3) is 11.4 Å². The Hall–Kier alpha value is -2.25. The molecule has 126 valence electrons. The highest BCUT2D eigenvalue weighted by atomic mass is 16.5. The zero-order valence-electron chi connectivity index (χ0n) is 13.6. The van der Waals surface area contributed by atoms with E-state index in [4.69, 9.17) is 4.74 Å². The summed E-state index contributed by atoms with van der Waals surface area (Å²) in [4.78, 5) is 16.1. The molecule has 1 aromatic carbocycles. The van der Waals surface area contributed by atoms with Gasteiger partial charge in [0.2, 0.25) is 11.9 Å². The molecule has 7 nitrogen and oxygen atoms in total. The lowest BCUT2D eigenvalue weighted by atomic mass is 10.0. The Bertz CT molecular complexity index is 670. The molecule has 4 rings (SSSR count). The Balaban J connectivity index is 1.61. The maximum Gasteiger partial charge on any atom is 0.230 e. The molecule has 0 saturated carbocycles. The van der Waals surface area contributed by atoms with Gasteiger partial charge in [-0.1, -0.05) is 30.3 Å². The van der Waals surface area contributed by atoms with Crippen LogP contribution in [0.15, 0.2) is 30.3 Å². The minimum Gasteiger partial charge on any atom is -0.378 e. The summed E-state index contributed by atoms with van der Waals surface area (Å²) in [6, 6.07) is 10.0. The highest BCUT2D eigenvalue weighted by molar-refractivity contribution is 5.58. The third-order valence-corrected chi connectivity index (χ3v) is 4.36. The number of nitrogens with zero attached hydrogens (tertiary/aromatic N) is 4. The van der Waals surface area contributed by atoms with Gasteiger partial charge in [0, 0.05) is 44.2 Å². The first-order valence-corrected chi connectivity index (χ1v) is 8.47. The van der Waals surface area contributed by atoms with E-state index in [1.165, 1.54) is 0 Å². The number of aromatic nitrogens is 3. The van der Waals surface area contributed by atoms with Crippen molar-refractivity contribution in [1.29, 1.82) is 0 Å². The van der Waals surface area contributed by atoms with Crippen LogP contribution in [0, 0.1) is 5.92 Å². The van der Waals surface area contributed by atoms with Gasteiger partial charge in [0.05, 0.1) is 13.2 Å². The largest absolute Gasteiger partial charge is 0.378 e. The molecule has 2 aliphatic rings. The second kappa shape index (κ2) is 7.11. The molecule has 2 N–H and O–H groups in total. The Kier molecular flexibility index (Phi) is 4.53. The maximum atomic E-state index is 5.43. The second-order valence-electron chi connectivity index (χ2n) is 6.15. The molecular weight excluding hydrogens is 304 g/mol. The quantitative estimate of drug-likeness (QED) is 0.849. The van der Waals surface area contributed by atoms with Crippen molar-refractivity contribution < 1.29 is 4.74 Å². The molecule has 1 aromatic heterocycles. The van der Waals surface area contributed by atoms with Gasteiger partial charge in [0.25, 0.3) is 0 Å². The number of ether oxygens (including phenoxy) is 1. The lowest BCUT2D eigenvalue weighted by Crippen LogP contribution is -2.45. The number of anilines is 2. The van der Waals surface area contributed by atoms with Crippen LogP contribution in [0.3, 0.4) is 0 Å². The first-order valence-electron chi connectivity index (χ1n) is 8.47. The molecule has 0 spiro atoms. The van der Waals surface area contributed by atoms with E-state index in [0.29, 0.717) is 30.9 Å². The van der Waals surface area contributed by atoms with Crippen LogP contribution < -0.4 is 15.5 Å². The van der Waals surface area contributed by atoms with E-state index in [0.717, 1.165) is 44.2 Å². The van der Waals surface area contributed by atoms with Crippen LogP contribution in [0.4, 0.5) is 11.9 Å². The summed E-state index contributed by atoms with van der Waals surface area (Å²) < 4.78 is 5.43. The number of benzene rings is 1. The Morgan fingerprint density at radius 3 is 2.58 bits per heavy atom. The average molecular weight is 326 g/mol. The molecule has 24 heavy (non-hydrogen) atoms. The van der Waals surface area contributed by atoms with Gasteiger partial charge >= 0.3 is 0 Å². The summed E-state index contributed by atoms with van der Waals surface area (Å²) >= 11 is 0. The van der Waals surface area contributed by atoms with E-state index >= 15 is 0 Å². The summed E-state index contributed by atoms with van der Waals surface area (Å²) in [7, 11) is 0. The first kappa shape index (κ1) is 15.3. The first-order chi connectivity index (χ1) is 11.9. The van der Waals surface area contributed by atoms with Crippen molar-refractivity contribution in [1.82, 2.24) is 20.3 Å². The molecule has 2 fully saturated rings. The Labute approximate surface area is 141 Å². The number of nitrogens with one attached hydrogen (secondary N) is 2. The summed E-state index contributed by atoms with van der Waals surface area (Å²) in [5.41, 5.74) is 1.00. The number of hydrogen-bond acceptors (Lipinski definition) is 7. The highest BCUT2D eigenvalue weighted by Gasteiger charge is 2.19. The summed E-state index contributed by atoms with van der Waals surface area (Å²) in [6.07, 6.45) is 0. The van der Waals surface area contributed by atoms with E-state index in [1.807, 2.05) is 30.3 Å². The molecule has 0 radical (unpaired) electrons. The van der Waals surface area contributed by atoms with Gasteiger partial charge in [0.15, 0.2) is 5.82 Å². The molecule has 0 unspecified atom stereocenters. The molecule has 2 saturated heterocycles. The van der Waals surface area contributed by atoms with E-state index in [1.54, 1.807) is 0 Å². The van der Waals surface area contributed by atoms with Crippen molar-refractivity contribution >= 4 is 11.9 Å². The topological polar surface area (TPSA) is 75.2 Å². The van der Waals surface area contributed by atoms with Crippen LogP contribution in [0.2, 0.25) is 0 Å². The third-order valence-electron chi connectivity index (χ3n) is 4.36. The summed E-state index contributed by atoms with van der Waals surface area (Å²) in [5.74, 6) is 2.73. The summed E-state index contributed by atoms with van der Waals surface area (Å²) in [5, 5.41) is 6.66. The second-order valence-corrected chi connectivity index (χ2v) is 6.15. The molecule has 3 heterocycles. The number of rotatable bonds is 5. The van der Waals surface area contributed by atoms with Gasteiger partial charge in [-0.15, -0.1) is 0 Å². The van der Waals surface area contributed by atoms with Crippen molar-refractivity contribution in [3.05, 3.63) is 30.3 Å². The van der Waals surface area contributed by atoms with E-state index in [2.05, 4.69) is 30.5 Å². The SMILES string of the molecule is c1ccc(-c2nc(NCC3CNC3)nc(N3CCOCC3)n2)cc1. The zero-order valence-corrected chi connectivity index (χ0v) is 13.6. The normalized spacial score (nSPS) is 18.2. The predicted octanol–water partition coefficient (Wildman–Crippen LogP) is 1.01. The van der Waals surface area contributed by atoms with Crippen LogP contribution >= 0.6 is 0 Å². The van der Waals surface area contributed by atoms with Gasteiger partial charge in [-0.05, 0) is 0 Å². The fourth-order valence-corrected chi connectivity index (χ4v) is 2.79. The molecule has 0 amide bonds. The van der Waals surface area contributed by atoms with Crippen LogP contribution in [0.1, 0.15) is 0 Å². The van der Waals surface area contributed by atoms with Gasteiger partial charge in [-0.2, -0.15) is 15.0 Å². The minimum atomic E-state index is 0.647. The molecule has 0 bridgehead atoms. The Morgan fingerprint density at radius 2 is 1.88 bits per heavy atom. The van der Waals surface area contributed by atoms with Gasteiger partial charge in [-0.25, -0.2) is 0 Å².